The molecule has 0 aliphatic carbocycles. The van der Waals surface area contributed by atoms with Crippen LogP contribution in [0.5, 0.6) is 11.6 Å². The molecule has 0 aromatic carbocycles. The Morgan fingerprint density at radius 3 is 2.83 bits per heavy atom. The van der Waals surface area contributed by atoms with Gasteiger partial charge in [-0.05, 0) is 24.6 Å². The van der Waals surface area contributed by atoms with E-state index in [1.54, 1.807) is 53.5 Å². The molecule has 1 aliphatic rings. The third-order valence-electron chi connectivity index (χ3n) is 4.76. The SMILES string of the molecule is COc1cc(-c2ccc3c(n2)CN(c2cnn(CCCO)c2)C3=O)cnc1OC. The van der Waals surface area contributed by atoms with Crippen molar-refractivity contribution in [1.82, 2.24) is 19.7 Å². The van der Waals surface area contributed by atoms with Crippen molar-refractivity contribution in [2.75, 3.05) is 25.7 Å². The molecule has 9 heteroatoms. The summed E-state index contributed by atoms with van der Waals surface area (Å²) in [6.45, 7) is 1.07. The number of anilines is 1. The molecule has 0 saturated carbocycles. The van der Waals surface area contributed by atoms with Gasteiger partial charge in [-0.1, -0.05) is 0 Å². The van der Waals surface area contributed by atoms with Crippen LogP contribution in [-0.4, -0.2) is 51.6 Å². The van der Waals surface area contributed by atoms with Crippen LogP contribution in [0.3, 0.4) is 0 Å². The minimum absolute atomic E-state index is 0.0982. The third kappa shape index (κ3) is 3.52. The van der Waals surface area contributed by atoms with E-state index in [9.17, 15) is 4.79 Å². The smallest absolute Gasteiger partial charge is 0.260 e. The molecular weight excluding hydrogens is 374 g/mol. The minimum Gasteiger partial charge on any atom is -0.491 e. The Balaban J connectivity index is 1.60. The molecule has 9 nitrogen and oxygen atoms in total. The molecule has 3 aromatic heterocycles. The maximum atomic E-state index is 12.8. The first kappa shape index (κ1) is 18.9. The van der Waals surface area contributed by atoms with E-state index in [2.05, 4.69) is 15.1 Å². The quantitative estimate of drug-likeness (QED) is 0.652. The fourth-order valence-corrected chi connectivity index (χ4v) is 3.27. The number of carbonyl (C=O) groups excluding carboxylic acids is 1. The number of nitrogens with zero attached hydrogens (tertiary/aromatic N) is 5. The molecule has 4 heterocycles. The highest BCUT2D eigenvalue weighted by Gasteiger charge is 2.31. The number of hydrogen-bond acceptors (Lipinski definition) is 7. The molecule has 0 spiro atoms. The number of hydrogen-bond donors (Lipinski definition) is 1. The molecule has 1 amide bonds. The summed E-state index contributed by atoms with van der Waals surface area (Å²) < 4.78 is 12.2. The summed E-state index contributed by atoms with van der Waals surface area (Å²) in [5.41, 5.74) is 3.45. The monoisotopic (exact) mass is 395 g/mol. The normalized spacial score (nSPS) is 12.9. The molecule has 0 unspecified atom stereocenters. The predicted octanol–water partition coefficient (Wildman–Crippen LogP) is 1.90. The van der Waals surface area contributed by atoms with E-state index in [0.717, 1.165) is 5.56 Å². The Morgan fingerprint density at radius 1 is 1.21 bits per heavy atom. The number of methoxy groups -OCH3 is 2. The molecule has 3 aromatic rings. The topological polar surface area (TPSA) is 103 Å². The lowest BCUT2D eigenvalue weighted by atomic mass is 10.1. The van der Waals surface area contributed by atoms with E-state index in [4.69, 9.17) is 14.6 Å². The van der Waals surface area contributed by atoms with Crippen LogP contribution in [0.2, 0.25) is 0 Å². The molecule has 29 heavy (non-hydrogen) atoms. The minimum atomic E-state index is -0.105. The first-order valence-corrected chi connectivity index (χ1v) is 9.18. The zero-order valence-electron chi connectivity index (χ0n) is 16.2. The summed E-state index contributed by atoms with van der Waals surface area (Å²) >= 11 is 0. The second-order valence-corrected chi connectivity index (χ2v) is 6.56. The van der Waals surface area contributed by atoms with Gasteiger partial charge in [0.05, 0.1) is 49.6 Å². The van der Waals surface area contributed by atoms with Gasteiger partial charge in [-0.25, -0.2) is 4.98 Å². The lowest BCUT2D eigenvalue weighted by Gasteiger charge is -2.11. The number of amides is 1. The Bertz CT molecular complexity index is 1050. The number of ether oxygens (including phenoxy) is 2. The predicted molar refractivity (Wildman–Crippen MR) is 105 cm³/mol. The largest absolute Gasteiger partial charge is 0.491 e. The molecule has 1 N–H and O–H groups in total. The maximum absolute atomic E-state index is 12.8. The Kier molecular flexibility index (Phi) is 5.13. The summed E-state index contributed by atoms with van der Waals surface area (Å²) in [4.78, 5) is 23.4. The van der Waals surface area contributed by atoms with Gasteiger partial charge in [-0.15, -0.1) is 0 Å². The van der Waals surface area contributed by atoms with Crippen LogP contribution < -0.4 is 14.4 Å². The van der Waals surface area contributed by atoms with Gasteiger partial charge in [0.25, 0.3) is 11.8 Å². The highest BCUT2D eigenvalue weighted by molar-refractivity contribution is 6.09. The van der Waals surface area contributed by atoms with Gasteiger partial charge in [0, 0.05) is 31.1 Å². The average Bonchev–Trinajstić information content (AvgIpc) is 3.35. The number of pyridine rings is 2. The third-order valence-corrected chi connectivity index (χ3v) is 4.76. The molecule has 0 bridgehead atoms. The summed E-state index contributed by atoms with van der Waals surface area (Å²) in [7, 11) is 3.08. The van der Waals surface area contributed by atoms with E-state index in [1.807, 2.05) is 0 Å². The molecule has 0 atom stereocenters. The van der Waals surface area contributed by atoms with E-state index in [-0.39, 0.29) is 12.5 Å². The zero-order chi connectivity index (χ0) is 20.4. The molecular formula is C20H21N5O4. The van der Waals surface area contributed by atoms with Crippen molar-refractivity contribution in [2.45, 2.75) is 19.5 Å². The number of carbonyl (C=O) groups is 1. The number of rotatable bonds is 7. The fourth-order valence-electron chi connectivity index (χ4n) is 3.27. The lowest BCUT2D eigenvalue weighted by Crippen LogP contribution is -2.22. The van der Waals surface area contributed by atoms with Crippen molar-refractivity contribution in [1.29, 1.82) is 0 Å². The van der Waals surface area contributed by atoms with Crippen molar-refractivity contribution in [3.8, 4) is 22.9 Å². The van der Waals surface area contributed by atoms with E-state index in [1.165, 1.54) is 7.11 Å². The van der Waals surface area contributed by atoms with Crippen LogP contribution in [-0.2, 0) is 13.1 Å². The van der Waals surface area contributed by atoms with Crippen molar-refractivity contribution in [3.63, 3.8) is 0 Å². The molecule has 0 saturated heterocycles. The Labute approximate surface area is 167 Å². The summed E-state index contributed by atoms with van der Waals surface area (Å²) in [6, 6.07) is 5.39. The highest BCUT2D eigenvalue weighted by Crippen LogP contribution is 2.32. The molecule has 4 rings (SSSR count). The van der Waals surface area contributed by atoms with Crippen LogP contribution >= 0.6 is 0 Å². The van der Waals surface area contributed by atoms with E-state index < -0.39 is 0 Å². The summed E-state index contributed by atoms with van der Waals surface area (Å²) in [5.74, 6) is 0.809. The van der Waals surface area contributed by atoms with Gasteiger partial charge < -0.3 is 14.6 Å². The van der Waals surface area contributed by atoms with Crippen molar-refractivity contribution < 1.29 is 19.4 Å². The van der Waals surface area contributed by atoms with E-state index >= 15 is 0 Å². The van der Waals surface area contributed by atoms with E-state index in [0.29, 0.717) is 53.8 Å². The van der Waals surface area contributed by atoms with Gasteiger partial charge in [-0.2, -0.15) is 5.10 Å². The average molecular weight is 395 g/mol. The highest BCUT2D eigenvalue weighted by atomic mass is 16.5. The molecule has 1 aliphatic heterocycles. The van der Waals surface area contributed by atoms with Gasteiger partial charge in [0.2, 0.25) is 0 Å². The second-order valence-electron chi connectivity index (χ2n) is 6.56. The molecule has 150 valence electrons. The summed E-state index contributed by atoms with van der Waals surface area (Å²) in [5, 5.41) is 13.2. The first-order chi connectivity index (χ1) is 14.1. The number of aliphatic hydroxyl groups is 1. The number of fused-ring (bicyclic) bond motifs is 1. The van der Waals surface area contributed by atoms with Crippen molar-refractivity contribution >= 4 is 11.6 Å². The van der Waals surface area contributed by atoms with Crippen LogP contribution in [0.4, 0.5) is 5.69 Å². The van der Waals surface area contributed by atoms with Crippen molar-refractivity contribution in [3.05, 3.63) is 48.0 Å². The number of aliphatic hydroxyl groups excluding tert-OH is 1. The van der Waals surface area contributed by atoms with Crippen LogP contribution in [0.25, 0.3) is 11.3 Å². The van der Waals surface area contributed by atoms with Crippen LogP contribution in [0, 0.1) is 0 Å². The first-order valence-electron chi connectivity index (χ1n) is 9.18. The Morgan fingerprint density at radius 2 is 2.07 bits per heavy atom. The van der Waals surface area contributed by atoms with Crippen molar-refractivity contribution in [2.24, 2.45) is 0 Å². The number of aromatic nitrogens is 4. The maximum Gasteiger partial charge on any atom is 0.260 e. The van der Waals surface area contributed by atoms with Gasteiger partial charge in [-0.3, -0.25) is 19.4 Å². The van der Waals surface area contributed by atoms with Gasteiger partial charge in [0.1, 0.15) is 0 Å². The summed E-state index contributed by atoms with van der Waals surface area (Å²) in [6.07, 6.45) is 5.73. The molecule has 0 radical (unpaired) electrons. The standard InChI is InChI=1S/C20H21N5O4/c1-28-18-8-13(9-21-19(18)29-2)16-5-4-15-17(23-16)12-25(20(15)27)14-10-22-24(11-14)6-3-7-26/h4-5,8-11,26H,3,6-7,12H2,1-2H3. The van der Waals surface area contributed by atoms with Gasteiger partial charge >= 0.3 is 0 Å². The van der Waals surface area contributed by atoms with Crippen LogP contribution in [0.15, 0.2) is 36.8 Å². The number of aryl methyl sites for hydroxylation is 1. The molecule has 0 fully saturated rings. The van der Waals surface area contributed by atoms with Crippen LogP contribution in [0.1, 0.15) is 22.5 Å². The zero-order valence-corrected chi connectivity index (χ0v) is 16.2. The second kappa shape index (κ2) is 7.88. The fraction of sp³-hybridized carbons (Fsp3) is 0.300. The van der Waals surface area contributed by atoms with Gasteiger partial charge in [0.15, 0.2) is 5.75 Å². The lowest BCUT2D eigenvalue weighted by molar-refractivity contribution is 0.0996. The Hall–Kier alpha value is -3.46.